The Morgan fingerprint density at radius 1 is 1.25 bits per heavy atom. The van der Waals surface area contributed by atoms with Crippen molar-refractivity contribution in [2.24, 2.45) is 7.05 Å². The van der Waals surface area contributed by atoms with Gasteiger partial charge in [-0.1, -0.05) is 0 Å². The molecule has 1 fully saturated rings. The molecule has 2 aromatic heterocycles. The molecule has 0 spiro atoms. The number of hydrogen-bond donors (Lipinski definition) is 0. The first-order valence-electron chi connectivity index (χ1n) is 8.10. The van der Waals surface area contributed by atoms with Crippen LogP contribution in [0.2, 0.25) is 0 Å². The molecule has 1 aliphatic heterocycles. The smallest absolute Gasteiger partial charge is 0.251 e. The van der Waals surface area contributed by atoms with Crippen molar-refractivity contribution < 1.29 is 8.42 Å². The molecule has 4 rings (SSSR count). The van der Waals surface area contributed by atoms with Gasteiger partial charge in [0.15, 0.2) is 0 Å². The summed E-state index contributed by atoms with van der Waals surface area (Å²) in [5.74, 6) is 0. The highest BCUT2D eigenvalue weighted by atomic mass is 32.2. The molecule has 3 heterocycles. The molecule has 0 atom stereocenters. The molecule has 128 valence electrons. The number of hydrogen-bond acceptors (Lipinski definition) is 4. The highest BCUT2D eigenvalue weighted by Gasteiger charge is 2.32. The molecule has 1 saturated carbocycles. The van der Waals surface area contributed by atoms with E-state index >= 15 is 0 Å². The first-order valence-corrected chi connectivity index (χ1v) is 9.54. The highest BCUT2D eigenvalue weighted by Crippen LogP contribution is 2.34. The van der Waals surface area contributed by atoms with Crippen LogP contribution in [0.1, 0.15) is 35.7 Å². The number of pyridine rings is 1. The van der Waals surface area contributed by atoms with Crippen molar-refractivity contribution in [3.63, 3.8) is 0 Å². The van der Waals surface area contributed by atoms with Crippen LogP contribution in [0, 0.1) is 6.92 Å². The van der Waals surface area contributed by atoms with E-state index in [1.165, 1.54) is 10.5 Å². The van der Waals surface area contributed by atoms with Crippen LogP contribution in [0.3, 0.4) is 0 Å². The molecule has 0 aromatic carbocycles. The lowest BCUT2D eigenvalue weighted by atomic mass is 10.0. The molecule has 0 unspecified atom stereocenters. The Morgan fingerprint density at radius 3 is 2.62 bits per heavy atom. The third kappa shape index (κ3) is 2.41. The Balaban J connectivity index is 1.70. The van der Waals surface area contributed by atoms with E-state index in [0.717, 1.165) is 24.0 Å². The maximum Gasteiger partial charge on any atom is 0.251 e. The Hall–Kier alpha value is -1.93. The topological polar surface area (TPSA) is 77.2 Å². The van der Waals surface area contributed by atoms with E-state index in [4.69, 9.17) is 0 Å². The van der Waals surface area contributed by atoms with Gasteiger partial charge < -0.3 is 4.57 Å². The van der Waals surface area contributed by atoms with Gasteiger partial charge >= 0.3 is 0 Å². The van der Waals surface area contributed by atoms with Crippen LogP contribution in [0.25, 0.3) is 0 Å². The minimum Gasteiger partial charge on any atom is -0.312 e. The summed E-state index contributed by atoms with van der Waals surface area (Å²) in [6.07, 6.45) is 5.87. The zero-order valence-corrected chi connectivity index (χ0v) is 14.6. The third-order valence-electron chi connectivity index (χ3n) is 4.99. The van der Waals surface area contributed by atoms with Gasteiger partial charge in [0.1, 0.15) is 4.90 Å². The Morgan fingerprint density at radius 2 is 2.00 bits per heavy atom. The van der Waals surface area contributed by atoms with Gasteiger partial charge in [0.25, 0.3) is 5.56 Å². The number of aryl methyl sites for hydroxylation is 1. The molecule has 0 amide bonds. The van der Waals surface area contributed by atoms with E-state index < -0.39 is 10.0 Å². The highest BCUT2D eigenvalue weighted by molar-refractivity contribution is 7.89. The van der Waals surface area contributed by atoms with Gasteiger partial charge in [-0.15, -0.1) is 0 Å². The monoisotopic (exact) mass is 348 g/mol. The van der Waals surface area contributed by atoms with Gasteiger partial charge in [0.2, 0.25) is 10.0 Å². The first-order chi connectivity index (χ1) is 11.4. The van der Waals surface area contributed by atoms with Crippen LogP contribution in [-0.4, -0.2) is 33.6 Å². The largest absolute Gasteiger partial charge is 0.312 e. The van der Waals surface area contributed by atoms with Crippen LogP contribution >= 0.6 is 0 Å². The number of aromatic nitrogens is 3. The van der Waals surface area contributed by atoms with E-state index in [2.05, 4.69) is 5.10 Å². The fraction of sp³-hybridized carbons (Fsp3) is 0.500. The van der Waals surface area contributed by atoms with Crippen molar-refractivity contribution in [3.8, 4) is 0 Å². The fourth-order valence-corrected chi connectivity index (χ4v) is 4.84. The Kier molecular flexibility index (Phi) is 3.43. The Bertz CT molecular complexity index is 970. The predicted octanol–water partition coefficient (Wildman–Crippen LogP) is 0.972. The molecule has 0 N–H and O–H groups in total. The second kappa shape index (κ2) is 5.29. The predicted molar refractivity (Wildman–Crippen MR) is 88.2 cm³/mol. The van der Waals surface area contributed by atoms with Crippen LogP contribution in [0.4, 0.5) is 0 Å². The van der Waals surface area contributed by atoms with E-state index in [0.29, 0.717) is 25.2 Å². The van der Waals surface area contributed by atoms with E-state index in [1.54, 1.807) is 29.3 Å². The molecule has 0 radical (unpaired) electrons. The van der Waals surface area contributed by atoms with Crippen LogP contribution in [-0.2, 0) is 30.0 Å². The summed E-state index contributed by atoms with van der Waals surface area (Å²) in [4.78, 5) is 12.4. The molecular weight excluding hydrogens is 328 g/mol. The van der Waals surface area contributed by atoms with Crippen LogP contribution < -0.4 is 5.56 Å². The zero-order chi connectivity index (χ0) is 17.1. The second-order valence-electron chi connectivity index (χ2n) is 6.61. The summed E-state index contributed by atoms with van der Waals surface area (Å²) in [6, 6.07) is 1.96. The van der Waals surface area contributed by atoms with Gasteiger partial charge in [-0.05, 0) is 37.3 Å². The van der Waals surface area contributed by atoms with Gasteiger partial charge in [0.05, 0.1) is 11.9 Å². The maximum absolute atomic E-state index is 12.9. The average molecular weight is 348 g/mol. The Labute approximate surface area is 140 Å². The van der Waals surface area contributed by atoms with Crippen molar-refractivity contribution in [2.45, 2.75) is 43.7 Å². The molecular formula is C16H20N4O3S. The van der Waals surface area contributed by atoms with E-state index in [9.17, 15) is 13.2 Å². The SMILES string of the molecule is Cc1c(S(=O)(=O)N2CCc3cc(=O)n(C4CC4)cc3C2)cnn1C. The van der Waals surface area contributed by atoms with Gasteiger partial charge in [0, 0.05) is 38.4 Å². The third-order valence-corrected chi connectivity index (χ3v) is 6.93. The van der Waals surface area contributed by atoms with Gasteiger partial charge in [-0.2, -0.15) is 9.40 Å². The van der Waals surface area contributed by atoms with Crippen molar-refractivity contribution in [3.05, 3.63) is 45.6 Å². The molecule has 1 aliphatic carbocycles. The number of nitrogens with zero attached hydrogens (tertiary/aromatic N) is 4. The number of rotatable bonds is 3. The molecule has 0 saturated heterocycles. The summed E-state index contributed by atoms with van der Waals surface area (Å²) in [6.45, 7) is 2.44. The molecule has 2 aromatic rings. The van der Waals surface area contributed by atoms with E-state index in [1.807, 2.05) is 6.20 Å². The van der Waals surface area contributed by atoms with Gasteiger partial charge in [-0.25, -0.2) is 8.42 Å². The number of fused-ring (bicyclic) bond motifs is 1. The van der Waals surface area contributed by atoms with Crippen molar-refractivity contribution in [1.82, 2.24) is 18.7 Å². The quantitative estimate of drug-likeness (QED) is 0.828. The summed E-state index contributed by atoms with van der Waals surface area (Å²) in [7, 11) is -1.85. The summed E-state index contributed by atoms with van der Waals surface area (Å²) in [5, 5.41) is 4.04. The fourth-order valence-electron chi connectivity index (χ4n) is 3.23. The van der Waals surface area contributed by atoms with Gasteiger partial charge in [-0.3, -0.25) is 9.48 Å². The lowest BCUT2D eigenvalue weighted by molar-refractivity contribution is 0.388. The van der Waals surface area contributed by atoms with E-state index in [-0.39, 0.29) is 16.5 Å². The molecule has 7 nitrogen and oxygen atoms in total. The number of sulfonamides is 1. The maximum atomic E-state index is 12.9. The second-order valence-corrected chi connectivity index (χ2v) is 8.51. The van der Waals surface area contributed by atoms with Crippen molar-refractivity contribution in [1.29, 1.82) is 0 Å². The first kappa shape index (κ1) is 15.6. The van der Waals surface area contributed by atoms with Crippen LogP contribution in [0.15, 0.2) is 28.2 Å². The molecule has 24 heavy (non-hydrogen) atoms. The summed E-state index contributed by atoms with van der Waals surface area (Å²) < 4.78 is 30.7. The minimum absolute atomic E-state index is 0.0238. The van der Waals surface area contributed by atoms with Crippen molar-refractivity contribution in [2.75, 3.05) is 6.54 Å². The molecule has 0 bridgehead atoms. The average Bonchev–Trinajstić information content (AvgIpc) is 3.32. The summed E-state index contributed by atoms with van der Waals surface area (Å²) >= 11 is 0. The minimum atomic E-state index is -3.58. The summed E-state index contributed by atoms with van der Waals surface area (Å²) in [5.41, 5.74) is 2.54. The lowest BCUT2D eigenvalue weighted by Gasteiger charge is -2.28. The van der Waals surface area contributed by atoms with Crippen molar-refractivity contribution >= 4 is 10.0 Å². The standard InChI is InChI=1S/C16H20N4O3S/c1-11-15(8-17-18(11)2)24(22,23)19-6-5-12-7-16(21)20(14-3-4-14)10-13(12)9-19/h7-8,10,14H,3-6,9H2,1-2H3. The normalized spacial score (nSPS) is 18.6. The zero-order valence-electron chi connectivity index (χ0n) is 13.8. The lowest BCUT2D eigenvalue weighted by Crippen LogP contribution is -2.37. The molecule has 2 aliphatic rings. The molecule has 8 heteroatoms. The van der Waals surface area contributed by atoms with Crippen LogP contribution in [0.5, 0.6) is 0 Å².